The van der Waals surface area contributed by atoms with Gasteiger partial charge in [-0.3, -0.25) is 5.10 Å². The molecule has 3 rings (SSSR count). The molecule has 1 aromatic heterocycles. The summed E-state index contributed by atoms with van der Waals surface area (Å²) in [5.74, 6) is 0.176. The third kappa shape index (κ3) is 1.89. The van der Waals surface area contributed by atoms with Gasteiger partial charge in [-0.05, 0) is 12.5 Å². The Balaban J connectivity index is 2.19. The number of nitrogens with one attached hydrogen (secondary N) is 1. The quantitative estimate of drug-likeness (QED) is 0.909. The fourth-order valence-corrected chi connectivity index (χ4v) is 2.56. The third-order valence-electron chi connectivity index (χ3n) is 3.13. The fourth-order valence-electron chi connectivity index (χ4n) is 2.25. The topological polar surface area (TPSA) is 84.4 Å². The zero-order valence-corrected chi connectivity index (χ0v) is 11.3. The highest BCUT2D eigenvalue weighted by Crippen LogP contribution is 2.45. The number of H-pyrrole nitrogens is 1. The number of fused-ring (bicyclic) bond motifs is 1. The number of carboxylic acids is 1. The molecule has 0 amide bonds. The van der Waals surface area contributed by atoms with Crippen LogP contribution in [0.25, 0.3) is 11.3 Å². The van der Waals surface area contributed by atoms with Gasteiger partial charge in [0, 0.05) is 17.2 Å². The van der Waals surface area contributed by atoms with Crippen LogP contribution in [0.1, 0.15) is 23.0 Å². The lowest BCUT2D eigenvalue weighted by atomic mass is 10.0. The molecule has 2 aromatic rings. The Hall–Kier alpha value is -2.21. The third-order valence-corrected chi connectivity index (χ3v) is 3.43. The molecule has 0 spiro atoms. The molecule has 0 unspecified atom stereocenters. The molecule has 2 heterocycles. The average molecular weight is 295 g/mol. The molecule has 0 atom stereocenters. The second-order valence-electron chi connectivity index (χ2n) is 4.27. The van der Waals surface area contributed by atoms with Crippen LogP contribution in [0, 0.1) is 0 Å². The van der Waals surface area contributed by atoms with Gasteiger partial charge in [0.2, 0.25) is 6.79 Å². The van der Waals surface area contributed by atoms with Crippen molar-refractivity contribution >= 4 is 17.6 Å². The van der Waals surface area contributed by atoms with E-state index in [1.807, 2.05) is 6.92 Å². The van der Waals surface area contributed by atoms with Crippen molar-refractivity contribution in [2.45, 2.75) is 13.3 Å². The molecule has 104 valence electrons. The number of ether oxygens (including phenoxy) is 2. The molecule has 1 aromatic carbocycles. The molecule has 2 N–H and O–H groups in total. The van der Waals surface area contributed by atoms with Crippen LogP contribution in [0.2, 0.25) is 5.02 Å². The minimum Gasteiger partial charge on any atom is -0.477 e. The van der Waals surface area contributed by atoms with Crippen LogP contribution in [0.15, 0.2) is 12.1 Å². The van der Waals surface area contributed by atoms with Gasteiger partial charge in [-0.15, -0.1) is 0 Å². The maximum absolute atomic E-state index is 10.9. The minimum absolute atomic E-state index is 0.00999. The standard InChI is InChI=1S/C13H11ClN2O4/c1-2-6-11(8-4-9(13(17)18)16-15-8)7(14)3-10-12(6)20-5-19-10/h3-4H,2,5H2,1H3,(H,15,16)(H,17,18). The normalized spacial score (nSPS) is 12.7. The molecule has 0 saturated carbocycles. The zero-order valence-electron chi connectivity index (χ0n) is 10.6. The average Bonchev–Trinajstić information content (AvgIpc) is 3.04. The molecule has 0 bridgehead atoms. The van der Waals surface area contributed by atoms with Gasteiger partial charge >= 0.3 is 5.97 Å². The Labute approximate surface area is 119 Å². The van der Waals surface area contributed by atoms with Crippen molar-refractivity contribution in [1.29, 1.82) is 0 Å². The second kappa shape index (κ2) is 4.72. The predicted molar refractivity (Wildman–Crippen MR) is 71.5 cm³/mol. The highest BCUT2D eigenvalue weighted by molar-refractivity contribution is 6.33. The highest BCUT2D eigenvalue weighted by atomic mass is 35.5. The lowest BCUT2D eigenvalue weighted by molar-refractivity contribution is 0.0690. The van der Waals surface area contributed by atoms with E-state index in [1.165, 1.54) is 6.07 Å². The number of hydrogen-bond donors (Lipinski definition) is 2. The summed E-state index contributed by atoms with van der Waals surface area (Å²) >= 11 is 6.28. The van der Waals surface area contributed by atoms with Crippen molar-refractivity contribution in [3.63, 3.8) is 0 Å². The largest absolute Gasteiger partial charge is 0.477 e. The van der Waals surface area contributed by atoms with Crippen molar-refractivity contribution in [3.05, 3.63) is 28.4 Å². The number of aromatic amines is 1. The van der Waals surface area contributed by atoms with Crippen molar-refractivity contribution in [2.24, 2.45) is 0 Å². The van der Waals surface area contributed by atoms with E-state index in [-0.39, 0.29) is 12.5 Å². The summed E-state index contributed by atoms with van der Waals surface area (Å²) in [7, 11) is 0. The van der Waals surface area contributed by atoms with E-state index in [1.54, 1.807) is 6.07 Å². The summed E-state index contributed by atoms with van der Waals surface area (Å²) in [6.45, 7) is 2.12. The molecule has 7 heteroatoms. The molecule has 1 aliphatic heterocycles. The number of benzene rings is 1. The van der Waals surface area contributed by atoms with Crippen LogP contribution in [0.4, 0.5) is 0 Å². The van der Waals surface area contributed by atoms with E-state index in [9.17, 15) is 4.79 Å². The number of rotatable bonds is 3. The van der Waals surface area contributed by atoms with Crippen molar-refractivity contribution in [2.75, 3.05) is 6.79 Å². The van der Waals surface area contributed by atoms with Crippen LogP contribution >= 0.6 is 11.6 Å². The van der Waals surface area contributed by atoms with Gasteiger partial charge in [0.05, 0.1) is 10.7 Å². The SMILES string of the molecule is CCc1c2c(cc(Cl)c1-c1cc(C(=O)O)[nH]n1)OCO2. The van der Waals surface area contributed by atoms with Crippen LogP contribution in [-0.4, -0.2) is 28.1 Å². The van der Waals surface area contributed by atoms with Crippen LogP contribution < -0.4 is 9.47 Å². The lowest BCUT2D eigenvalue weighted by Gasteiger charge is -2.11. The Bertz CT molecular complexity index is 696. The lowest BCUT2D eigenvalue weighted by Crippen LogP contribution is -1.95. The number of aromatic nitrogens is 2. The Morgan fingerprint density at radius 1 is 1.50 bits per heavy atom. The first-order valence-corrected chi connectivity index (χ1v) is 6.39. The van der Waals surface area contributed by atoms with Crippen molar-refractivity contribution < 1.29 is 19.4 Å². The number of halogens is 1. The first-order valence-electron chi connectivity index (χ1n) is 6.01. The molecule has 0 fully saturated rings. The molecule has 6 nitrogen and oxygen atoms in total. The minimum atomic E-state index is -1.07. The van der Waals surface area contributed by atoms with E-state index in [0.29, 0.717) is 34.2 Å². The predicted octanol–water partition coefficient (Wildman–Crippen LogP) is 2.72. The van der Waals surface area contributed by atoms with Gasteiger partial charge in [0.25, 0.3) is 0 Å². The number of carbonyl (C=O) groups is 1. The first kappa shape index (κ1) is 12.8. The second-order valence-corrected chi connectivity index (χ2v) is 4.68. The highest BCUT2D eigenvalue weighted by Gasteiger charge is 2.25. The number of hydrogen-bond acceptors (Lipinski definition) is 4. The van der Waals surface area contributed by atoms with Gasteiger partial charge in [0.15, 0.2) is 11.5 Å². The monoisotopic (exact) mass is 294 g/mol. The molecule has 20 heavy (non-hydrogen) atoms. The molecule has 0 saturated heterocycles. The van der Waals surface area contributed by atoms with Gasteiger partial charge in [0.1, 0.15) is 5.69 Å². The van der Waals surface area contributed by atoms with E-state index in [4.69, 9.17) is 26.2 Å². The number of carboxylic acid groups (broad SMARTS) is 1. The Morgan fingerprint density at radius 2 is 2.30 bits per heavy atom. The van der Waals surface area contributed by atoms with Gasteiger partial charge in [-0.2, -0.15) is 5.10 Å². The number of aromatic carboxylic acids is 1. The summed E-state index contributed by atoms with van der Waals surface area (Å²) in [5, 5.41) is 15.9. The first-order chi connectivity index (χ1) is 9.61. The van der Waals surface area contributed by atoms with E-state index < -0.39 is 5.97 Å². The van der Waals surface area contributed by atoms with E-state index in [0.717, 1.165) is 5.56 Å². The summed E-state index contributed by atoms with van der Waals surface area (Å²) in [6, 6.07) is 3.11. The van der Waals surface area contributed by atoms with Crippen LogP contribution in [0.5, 0.6) is 11.5 Å². The smallest absolute Gasteiger partial charge is 0.353 e. The fraction of sp³-hybridized carbons (Fsp3) is 0.231. The maximum Gasteiger partial charge on any atom is 0.353 e. The summed E-state index contributed by atoms with van der Waals surface area (Å²) in [4.78, 5) is 10.9. The Morgan fingerprint density at radius 3 is 2.95 bits per heavy atom. The summed E-state index contributed by atoms with van der Waals surface area (Å²) < 4.78 is 10.8. The maximum atomic E-state index is 10.9. The molecular weight excluding hydrogens is 284 g/mol. The molecule has 1 aliphatic rings. The summed E-state index contributed by atoms with van der Waals surface area (Å²) in [6.07, 6.45) is 0.664. The van der Waals surface area contributed by atoms with Crippen LogP contribution in [-0.2, 0) is 6.42 Å². The van der Waals surface area contributed by atoms with Gasteiger partial charge in [-0.25, -0.2) is 4.79 Å². The van der Waals surface area contributed by atoms with Gasteiger partial charge < -0.3 is 14.6 Å². The van der Waals surface area contributed by atoms with E-state index >= 15 is 0 Å². The molecule has 0 radical (unpaired) electrons. The molecular formula is C13H11ClN2O4. The summed E-state index contributed by atoms with van der Waals surface area (Å²) in [5.41, 5.74) is 2.01. The van der Waals surface area contributed by atoms with Crippen molar-refractivity contribution in [3.8, 4) is 22.8 Å². The van der Waals surface area contributed by atoms with Gasteiger partial charge in [-0.1, -0.05) is 18.5 Å². The van der Waals surface area contributed by atoms with Crippen LogP contribution in [0.3, 0.4) is 0 Å². The zero-order chi connectivity index (χ0) is 14.3. The van der Waals surface area contributed by atoms with Crippen molar-refractivity contribution in [1.82, 2.24) is 10.2 Å². The Kier molecular flexibility index (Phi) is 3.02. The molecule has 0 aliphatic carbocycles. The number of nitrogens with zero attached hydrogens (tertiary/aromatic N) is 1. The van der Waals surface area contributed by atoms with E-state index in [2.05, 4.69) is 10.2 Å².